The van der Waals surface area contributed by atoms with Crippen LogP contribution in [0.25, 0.3) is 0 Å². The Morgan fingerprint density at radius 3 is 2.25 bits per heavy atom. The van der Waals surface area contributed by atoms with Crippen molar-refractivity contribution in [2.24, 2.45) is 0 Å². The van der Waals surface area contributed by atoms with E-state index in [-0.39, 0.29) is 5.78 Å². The zero-order valence-electron chi connectivity index (χ0n) is 15.0. The first-order chi connectivity index (χ1) is 11.5. The number of hydrogen-bond acceptors (Lipinski definition) is 6. The van der Waals surface area contributed by atoms with Crippen LogP contribution < -0.4 is 9.47 Å². The molecule has 1 aromatic carbocycles. The smallest absolute Gasteiger partial charge is 0.182 e. The van der Waals surface area contributed by atoms with Crippen LogP contribution in [0.3, 0.4) is 0 Å². The van der Waals surface area contributed by atoms with Gasteiger partial charge >= 0.3 is 0 Å². The highest BCUT2D eigenvalue weighted by Crippen LogP contribution is 2.32. The Morgan fingerprint density at radius 2 is 1.67 bits per heavy atom. The molecule has 0 amide bonds. The van der Waals surface area contributed by atoms with Gasteiger partial charge in [-0.05, 0) is 32.0 Å². The molecule has 0 aromatic heterocycles. The van der Waals surface area contributed by atoms with Gasteiger partial charge in [-0.3, -0.25) is 9.69 Å². The van der Waals surface area contributed by atoms with Gasteiger partial charge in [-0.15, -0.1) is 0 Å². The molecule has 0 radical (unpaired) electrons. The quantitative estimate of drug-likeness (QED) is 0.643. The average Bonchev–Trinajstić information content (AvgIpc) is 2.60. The summed E-state index contributed by atoms with van der Waals surface area (Å²) in [5, 5.41) is 0. The van der Waals surface area contributed by atoms with Crippen LogP contribution in [0.2, 0.25) is 0 Å². The lowest BCUT2D eigenvalue weighted by Gasteiger charge is -2.37. The average molecular weight is 337 g/mol. The van der Waals surface area contributed by atoms with Crippen molar-refractivity contribution >= 4 is 5.78 Å². The summed E-state index contributed by atoms with van der Waals surface area (Å²) in [5.74, 6) is 1.35. The minimum atomic E-state index is -0.680. The predicted molar refractivity (Wildman–Crippen MR) is 91.2 cm³/mol. The highest BCUT2D eigenvalue weighted by molar-refractivity contribution is 6.03. The third-order valence-corrected chi connectivity index (χ3v) is 4.28. The summed E-state index contributed by atoms with van der Waals surface area (Å²) in [5.41, 5.74) is -0.0648. The van der Waals surface area contributed by atoms with E-state index in [9.17, 15) is 4.79 Å². The molecule has 0 unspecified atom stereocenters. The standard InChI is InChI=1S/C18H27NO5/c1-18(2,19(7-9-21-3)8-10-22-4)17(20)14-5-6-15-16(13-14)24-12-11-23-15/h5-6,13H,7-12H2,1-4H3. The van der Waals surface area contributed by atoms with Gasteiger partial charge in [-0.2, -0.15) is 0 Å². The largest absolute Gasteiger partial charge is 0.486 e. The van der Waals surface area contributed by atoms with E-state index >= 15 is 0 Å². The monoisotopic (exact) mass is 337 g/mol. The van der Waals surface area contributed by atoms with E-state index in [1.807, 2.05) is 13.8 Å². The van der Waals surface area contributed by atoms with Crippen molar-refractivity contribution in [3.05, 3.63) is 23.8 Å². The van der Waals surface area contributed by atoms with Gasteiger partial charge in [-0.25, -0.2) is 0 Å². The Morgan fingerprint density at radius 1 is 1.08 bits per heavy atom. The maximum Gasteiger partial charge on any atom is 0.182 e. The van der Waals surface area contributed by atoms with Crippen molar-refractivity contribution in [3.63, 3.8) is 0 Å². The fourth-order valence-corrected chi connectivity index (χ4v) is 2.76. The van der Waals surface area contributed by atoms with Gasteiger partial charge in [0.25, 0.3) is 0 Å². The molecule has 0 aliphatic carbocycles. The third-order valence-electron chi connectivity index (χ3n) is 4.28. The minimum absolute atomic E-state index is 0.0340. The van der Waals surface area contributed by atoms with Gasteiger partial charge in [0.2, 0.25) is 0 Å². The second-order valence-corrected chi connectivity index (χ2v) is 6.22. The summed E-state index contributed by atoms with van der Waals surface area (Å²) in [6.45, 7) is 7.32. The van der Waals surface area contributed by atoms with Crippen LogP contribution in [0.5, 0.6) is 11.5 Å². The Kier molecular flexibility index (Phi) is 6.60. The normalized spacial score (nSPS) is 14.0. The molecule has 6 nitrogen and oxygen atoms in total. The summed E-state index contributed by atoms with van der Waals surface area (Å²) < 4.78 is 21.5. The van der Waals surface area contributed by atoms with Crippen molar-refractivity contribution in [1.82, 2.24) is 4.90 Å². The van der Waals surface area contributed by atoms with Gasteiger partial charge in [0, 0.05) is 32.9 Å². The van der Waals surface area contributed by atoms with Gasteiger partial charge in [0.1, 0.15) is 13.2 Å². The van der Waals surface area contributed by atoms with Crippen LogP contribution >= 0.6 is 0 Å². The fourth-order valence-electron chi connectivity index (χ4n) is 2.76. The highest BCUT2D eigenvalue weighted by Gasteiger charge is 2.35. The Balaban J connectivity index is 2.20. The molecule has 0 atom stereocenters. The minimum Gasteiger partial charge on any atom is -0.486 e. The molecule has 1 heterocycles. The van der Waals surface area contributed by atoms with E-state index in [1.54, 1.807) is 32.4 Å². The molecule has 1 aliphatic rings. The van der Waals surface area contributed by atoms with Crippen LogP contribution in [0, 0.1) is 0 Å². The van der Waals surface area contributed by atoms with Crippen LogP contribution in [0.4, 0.5) is 0 Å². The number of methoxy groups -OCH3 is 2. The molecule has 1 aromatic rings. The number of benzene rings is 1. The molecule has 134 valence electrons. The van der Waals surface area contributed by atoms with Gasteiger partial charge in [-0.1, -0.05) is 0 Å². The van der Waals surface area contributed by atoms with Crippen LogP contribution in [0.1, 0.15) is 24.2 Å². The first-order valence-electron chi connectivity index (χ1n) is 8.18. The second kappa shape index (κ2) is 8.46. The molecule has 1 aliphatic heterocycles. The van der Waals surface area contributed by atoms with E-state index in [0.717, 1.165) is 0 Å². The molecule has 0 saturated heterocycles. The SMILES string of the molecule is COCCN(CCOC)C(C)(C)C(=O)c1ccc2c(c1)OCCO2. The van der Waals surface area contributed by atoms with Crippen molar-refractivity contribution in [2.45, 2.75) is 19.4 Å². The summed E-state index contributed by atoms with van der Waals surface area (Å²) in [6, 6.07) is 5.36. The number of carbonyl (C=O) groups is 1. The number of Topliss-reactive ketones (excluding diaryl/α,β-unsaturated/α-hetero) is 1. The lowest BCUT2D eigenvalue weighted by Crippen LogP contribution is -2.52. The maximum atomic E-state index is 13.1. The first kappa shape index (κ1) is 18.7. The summed E-state index contributed by atoms with van der Waals surface area (Å²) in [7, 11) is 3.31. The van der Waals surface area contributed by atoms with E-state index in [1.165, 1.54) is 0 Å². The zero-order valence-corrected chi connectivity index (χ0v) is 15.0. The summed E-state index contributed by atoms with van der Waals surface area (Å²) in [6.07, 6.45) is 0. The summed E-state index contributed by atoms with van der Waals surface area (Å²) >= 11 is 0. The zero-order chi connectivity index (χ0) is 17.6. The molecule has 2 rings (SSSR count). The Labute approximate surface area is 143 Å². The third kappa shape index (κ3) is 4.26. The number of fused-ring (bicyclic) bond motifs is 1. The predicted octanol–water partition coefficient (Wildman–Crippen LogP) is 2.01. The Bertz CT molecular complexity index is 550. The Hall–Kier alpha value is -1.63. The number of nitrogens with zero attached hydrogens (tertiary/aromatic N) is 1. The molecule has 6 heteroatoms. The molecule has 24 heavy (non-hydrogen) atoms. The van der Waals surface area contributed by atoms with Gasteiger partial charge < -0.3 is 18.9 Å². The summed E-state index contributed by atoms with van der Waals surface area (Å²) in [4.78, 5) is 15.2. The number of carbonyl (C=O) groups excluding carboxylic acids is 1. The van der Waals surface area contributed by atoms with E-state index in [4.69, 9.17) is 18.9 Å². The first-order valence-corrected chi connectivity index (χ1v) is 8.18. The lowest BCUT2D eigenvalue weighted by molar-refractivity contribution is 0.0417. The molecule has 0 saturated carbocycles. The van der Waals surface area contributed by atoms with E-state index < -0.39 is 5.54 Å². The van der Waals surface area contributed by atoms with Crippen molar-refractivity contribution in [2.75, 3.05) is 53.7 Å². The fraction of sp³-hybridized carbons (Fsp3) is 0.611. The van der Waals surface area contributed by atoms with Crippen molar-refractivity contribution in [3.8, 4) is 11.5 Å². The second-order valence-electron chi connectivity index (χ2n) is 6.22. The van der Waals surface area contributed by atoms with Crippen molar-refractivity contribution in [1.29, 1.82) is 0 Å². The van der Waals surface area contributed by atoms with Crippen LogP contribution in [0.15, 0.2) is 18.2 Å². The van der Waals surface area contributed by atoms with Crippen LogP contribution in [-0.4, -0.2) is 70.0 Å². The van der Waals surface area contributed by atoms with E-state index in [0.29, 0.717) is 56.6 Å². The number of rotatable bonds is 9. The van der Waals surface area contributed by atoms with Gasteiger partial charge in [0.15, 0.2) is 17.3 Å². The molecular formula is C18H27NO5. The molecule has 0 fully saturated rings. The van der Waals surface area contributed by atoms with Crippen LogP contribution in [-0.2, 0) is 9.47 Å². The highest BCUT2D eigenvalue weighted by atomic mass is 16.6. The molecule has 0 N–H and O–H groups in total. The maximum absolute atomic E-state index is 13.1. The van der Waals surface area contributed by atoms with Gasteiger partial charge in [0.05, 0.1) is 18.8 Å². The number of ketones is 1. The molecule has 0 bridgehead atoms. The van der Waals surface area contributed by atoms with E-state index in [2.05, 4.69) is 4.90 Å². The molecule has 0 spiro atoms. The molecular weight excluding hydrogens is 310 g/mol. The topological polar surface area (TPSA) is 57.2 Å². The van der Waals surface area contributed by atoms with Crippen molar-refractivity contribution < 1.29 is 23.7 Å². The number of ether oxygens (including phenoxy) is 4. The number of hydrogen-bond donors (Lipinski definition) is 0. The lowest BCUT2D eigenvalue weighted by atomic mass is 9.91.